The van der Waals surface area contributed by atoms with E-state index in [1.807, 2.05) is 6.92 Å². The van der Waals surface area contributed by atoms with Crippen molar-refractivity contribution in [3.8, 4) is 0 Å². The molecule has 0 aromatic heterocycles. The van der Waals surface area contributed by atoms with Gasteiger partial charge in [-0.2, -0.15) is 0 Å². The Bertz CT molecular complexity index is 189. The van der Waals surface area contributed by atoms with E-state index in [1.165, 1.54) is 0 Å². The largest absolute Gasteiger partial charge is 0.396 e. The van der Waals surface area contributed by atoms with Crippen LogP contribution in [0.1, 0.15) is 19.8 Å². The van der Waals surface area contributed by atoms with Gasteiger partial charge in [-0.05, 0) is 31.8 Å². The smallest absolute Gasteiger partial charge is 0.221 e. The number of rotatable bonds is 4. The second kappa shape index (κ2) is 5.32. The maximum Gasteiger partial charge on any atom is 0.221 e. The number of hydrogen-bond acceptors (Lipinski definition) is 3. The molecule has 0 bridgehead atoms. The lowest BCUT2D eigenvalue weighted by molar-refractivity contribution is -0.122. The number of carbonyl (C=O) groups is 1. The van der Waals surface area contributed by atoms with Crippen LogP contribution in [0.2, 0.25) is 0 Å². The molecule has 0 saturated carbocycles. The van der Waals surface area contributed by atoms with E-state index in [-0.39, 0.29) is 11.8 Å². The van der Waals surface area contributed by atoms with E-state index in [9.17, 15) is 4.79 Å². The summed E-state index contributed by atoms with van der Waals surface area (Å²) < 4.78 is 0. The highest BCUT2D eigenvalue weighted by Gasteiger charge is 2.21. The van der Waals surface area contributed by atoms with Crippen molar-refractivity contribution < 1.29 is 9.90 Å². The van der Waals surface area contributed by atoms with Crippen LogP contribution in [0.3, 0.4) is 0 Å². The molecule has 1 unspecified atom stereocenters. The molecule has 0 aromatic rings. The topological polar surface area (TPSA) is 66.6 Å². The lowest BCUT2D eigenvalue weighted by Gasteiger charge is -2.32. The monoisotopic (exact) mass is 200 g/mol. The Kier molecular flexibility index (Phi) is 4.35. The maximum absolute atomic E-state index is 10.8. The van der Waals surface area contributed by atoms with Crippen LogP contribution in [0.15, 0.2) is 0 Å². The fraction of sp³-hybridized carbons (Fsp3) is 0.900. The number of amides is 1. The van der Waals surface area contributed by atoms with E-state index in [0.717, 1.165) is 32.5 Å². The van der Waals surface area contributed by atoms with E-state index in [4.69, 9.17) is 10.8 Å². The first-order valence-corrected chi connectivity index (χ1v) is 5.26. The summed E-state index contributed by atoms with van der Waals surface area (Å²) in [6.45, 7) is 4.86. The first-order valence-electron chi connectivity index (χ1n) is 5.26. The van der Waals surface area contributed by atoms with Gasteiger partial charge in [0.05, 0.1) is 0 Å². The highest BCUT2D eigenvalue weighted by Crippen LogP contribution is 2.17. The third kappa shape index (κ3) is 3.27. The molecule has 0 aromatic carbocycles. The lowest BCUT2D eigenvalue weighted by atomic mass is 9.97. The minimum atomic E-state index is -0.228. The fourth-order valence-corrected chi connectivity index (χ4v) is 1.83. The predicted octanol–water partition coefficient (Wildman–Crippen LogP) is -0.188. The summed E-state index contributed by atoms with van der Waals surface area (Å²) in [5.41, 5.74) is 5.20. The number of piperidine rings is 1. The third-order valence-corrected chi connectivity index (χ3v) is 2.98. The molecule has 1 atom stereocenters. The van der Waals surface area contributed by atoms with Crippen molar-refractivity contribution in [2.75, 3.05) is 26.2 Å². The zero-order valence-corrected chi connectivity index (χ0v) is 8.78. The molecule has 3 N–H and O–H groups in total. The number of nitrogens with zero attached hydrogens (tertiary/aromatic N) is 1. The molecule has 1 aliphatic heterocycles. The average molecular weight is 200 g/mol. The van der Waals surface area contributed by atoms with Crippen molar-refractivity contribution in [1.82, 2.24) is 4.90 Å². The van der Waals surface area contributed by atoms with Gasteiger partial charge < -0.3 is 15.7 Å². The fourth-order valence-electron chi connectivity index (χ4n) is 1.83. The zero-order chi connectivity index (χ0) is 10.6. The third-order valence-electron chi connectivity index (χ3n) is 2.98. The molecule has 82 valence electrons. The molecule has 0 spiro atoms. The Morgan fingerprint density at radius 1 is 1.57 bits per heavy atom. The average Bonchev–Trinajstić information content (AvgIpc) is 2.19. The van der Waals surface area contributed by atoms with Gasteiger partial charge >= 0.3 is 0 Å². The van der Waals surface area contributed by atoms with Crippen LogP contribution in [0.25, 0.3) is 0 Å². The second-order valence-electron chi connectivity index (χ2n) is 4.23. The van der Waals surface area contributed by atoms with Gasteiger partial charge in [0.2, 0.25) is 5.91 Å². The summed E-state index contributed by atoms with van der Waals surface area (Å²) in [5, 5.41) is 8.95. The van der Waals surface area contributed by atoms with Crippen LogP contribution in [-0.4, -0.2) is 42.2 Å². The minimum Gasteiger partial charge on any atom is -0.396 e. The zero-order valence-electron chi connectivity index (χ0n) is 8.78. The molecular weight excluding hydrogens is 180 g/mol. The molecule has 4 heteroatoms. The molecule has 1 saturated heterocycles. The van der Waals surface area contributed by atoms with Crippen molar-refractivity contribution in [3.63, 3.8) is 0 Å². The van der Waals surface area contributed by atoms with Gasteiger partial charge in [-0.15, -0.1) is 0 Å². The number of aliphatic hydroxyl groups is 1. The van der Waals surface area contributed by atoms with Crippen LogP contribution in [-0.2, 0) is 4.79 Å². The van der Waals surface area contributed by atoms with Gasteiger partial charge in [-0.3, -0.25) is 4.79 Å². The van der Waals surface area contributed by atoms with E-state index in [2.05, 4.69) is 4.90 Å². The van der Waals surface area contributed by atoms with Gasteiger partial charge in [-0.1, -0.05) is 6.92 Å². The second-order valence-corrected chi connectivity index (χ2v) is 4.23. The van der Waals surface area contributed by atoms with Crippen molar-refractivity contribution >= 4 is 5.91 Å². The van der Waals surface area contributed by atoms with Gasteiger partial charge in [-0.25, -0.2) is 0 Å². The summed E-state index contributed by atoms with van der Waals surface area (Å²) in [6.07, 6.45) is 2.06. The van der Waals surface area contributed by atoms with E-state index in [0.29, 0.717) is 12.5 Å². The van der Waals surface area contributed by atoms with E-state index >= 15 is 0 Å². The molecule has 1 amide bonds. The van der Waals surface area contributed by atoms with Gasteiger partial charge in [0.15, 0.2) is 0 Å². The molecule has 1 heterocycles. The van der Waals surface area contributed by atoms with Crippen LogP contribution < -0.4 is 5.73 Å². The van der Waals surface area contributed by atoms with Crippen molar-refractivity contribution in [3.05, 3.63) is 0 Å². The normalized spacial score (nSPS) is 22.1. The number of likely N-dealkylation sites (tertiary alicyclic amines) is 1. The Labute approximate surface area is 85.1 Å². The first kappa shape index (κ1) is 11.5. The van der Waals surface area contributed by atoms with Crippen molar-refractivity contribution in [2.24, 2.45) is 17.6 Å². The molecule has 4 nitrogen and oxygen atoms in total. The molecule has 1 aliphatic rings. The minimum absolute atomic E-state index is 0.0688. The van der Waals surface area contributed by atoms with Gasteiger partial charge in [0, 0.05) is 19.1 Å². The molecule has 0 radical (unpaired) electrons. The highest BCUT2D eigenvalue weighted by atomic mass is 16.3. The summed E-state index contributed by atoms with van der Waals surface area (Å²) in [5.74, 6) is 0.157. The SMILES string of the molecule is CC(CN1CCC(CO)CC1)C(N)=O. The van der Waals surface area contributed by atoms with Crippen molar-refractivity contribution in [2.45, 2.75) is 19.8 Å². The molecular formula is C10H20N2O2. The van der Waals surface area contributed by atoms with E-state index < -0.39 is 0 Å². The summed E-state index contributed by atoms with van der Waals surface area (Å²) in [4.78, 5) is 13.1. The number of primary amides is 1. The Morgan fingerprint density at radius 2 is 2.14 bits per heavy atom. The first-order chi connectivity index (χ1) is 6.63. The quantitative estimate of drug-likeness (QED) is 0.661. The molecule has 1 fully saturated rings. The van der Waals surface area contributed by atoms with Gasteiger partial charge in [0.1, 0.15) is 0 Å². The summed E-state index contributed by atoms with van der Waals surface area (Å²) in [6, 6.07) is 0. The highest BCUT2D eigenvalue weighted by molar-refractivity contribution is 5.76. The number of aliphatic hydroxyl groups excluding tert-OH is 1. The molecule has 1 rings (SSSR count). The number of hydrogen-bond donors (Lipinski definition) is 2. The lowest BCUT2D eigenvalue weighted by Crippen LogP contribution is -2.40. The maximum atomic E-state index is 10.8. The number of carbonyl (C=O) groups excluding carboxylic acids is 1. The Balaban J connectivity index is 2.25. The molecule has 0 aliphatic carbocycles. The Morgan fingerprint density at radius 3 is 2.57 bits per heavy atom. The van der Waals surface area contributed by atoms with Crippen LogP contribution in [0.5, 0.6) is 0 Å². The van der Waals surface area contributed by atoms with Crippen molar-refractivity contribution in [1.29, 1.82) is 0 Å². The van der Waals surface area contributed by atoms with E-state index in [1.54, 1.807) is 0 Å². The predicted molar refractivity (Wildman–Crippen MR) is 54.6 cm³/mol. The van der Waals surface area contributed by atoms with Crippen LogP contribution in [0.4, 0.5) is 0 Å². The summed E-state index contributed by atoms with van der Waals surface area (Å²) in [7, 11) is 0. The van der Waals surface area contributed by atoms with Crippen LogP contribution >= 0.6 is 0 Å². The summed E-state index contributed by atoms with van der Waals surface area (Å²) >= 11 is 0. The van der Waals surface area contributed by atoms with Gasteiger partial charge in [0.25, 0.3) is 0 Å². The van der Waals surface area contributed by atoms with Crippen LogP contribution in [0, 0.1) is 11.8 Å². The number of nitrogens with two attached hydrogens (primary N) is 1. The Hall–Kier alpha value is -0.610. The standard InChI is InChI=1S/C10H20N2O2/c1-8(10(11)14)6-12-4-2-9(7-13)3-5-12/h8-9,13H,2-7H2,1H3,(H2,11,14). The molecule has 14 heavy (non-hydrogen) atoms.